The van der Waals surface area contributed by atoms with E-state index >= 15 is 0 Å². The number of H-pyrrole nitrogens is 2. The second kappa shape index (κ2) is 4.78. The number of benzene rings is 1. The summed E-state index contributed by atoms with van der Waals surface area (Å²) >= 11 is 0. The monoisotopic (exact) mass is 270 g/mol. The molecule has 6 N–H and O–H groups in total. The van der Waals surface area contributed by atoms with Gasteiger partial charge in [0.15, 0.2) is 11.2 Å². The highest BCUT2D eigenvalue weighted by atomic mass is 16.1. The molecule has 0 saturated carbocycles. The molecule has 0 fully saturated rings. The molecule has 0 aliphatic heterocycles. The topological polar surface area (TPSA) is 126 Å². The highest BCUT2D eigenvalue weighted by Gasteiger charge is 2.12. The maximum Gasteiger partial charge on any atom is 0.278 e. The van der Waals surface area contributed by atoms with Crippen LogP contribution in [0, 0.1) is 0 Å². The lowest BCUT2D eigenvalue weighted by molar-refractivity contribution is 0.696. The van der Waals surface area contributed by atoms with Gasteiger partial charge in [-0.15, -0.1) is 0 Å². The first-order valence-electron chi connectivity index (χ1n) is 6.18. The number of nitrogens with two attached hydrogens (primary N) is 2. The van der Waals surface area contributed by atoms with E-state index in [1.165, 1.54) is 0 Å². The highest BCUT2D eigenvalue weighted by molar-refractivity contribution is 5.70. The van der Waals surface area contributed by atoms with Crippen LogP contribution in [0.5, 0.6) is 0 Å². The Hall–Kier alpha value is -2.67. The third-order valence-electron chi connectivity index (χ3n) is 3.07. The van der Waals surface area contributed by atoms with Crippen LogP contribution in [0.3, 0.4) is 0 Å². The van der Waals surface area contributed by atoms with Gasteiger partial charge in [-0.3, -0.25) is 9.78 Å². The fourth-order valence-corrected chi connectivity index (χ4v) is 2.10. The number of hydrogen-bond acceptors (Lipinski definition) is 5. The van der Waals surface area contributed by atoms with E-state index in [0.717, 1.165) is 5.56 Å². The Labute approximate surface area is 114 Å². The quantitative estimate of drug-likeness (QED) is 0.550. The lowest BCUT2D eigenvalue weighted by Gasteiger charge is -2.09. The molecule has 1 aromatic carbocycles. The van der Waals surface area contributed by atoms with Crippen LogP contribution in [-0.4, -0.2) is 19.9 Å². The Bertz CT molecular complexity index is 791. The first kappa shape index (κ1) is 12.4. The van der Waals surface area contributed by atoms with Gasteiger partial charge in [-0.05, 0) is 5.56 Å². The number of imidazole rings is 1. The molecule has 1 atom stereocenters. The van der Waals surface area contributed by atoms with E-state index in [0.29, 0.717) is 23.4 Å². The summed E-state index contributed by atoms with van der Waals surface area (Å²) in [5.41, 5.74) is 12.9. The predicted octanol–water partition coefficient (Wildman–Crippen LogP) is 0.471. The summed E-state index contributed by atoms with van der Waals surface area (Å²) in [6, 6.07) is 9.51. The average molecular weight is 270 g/mol. The van der Waals surface area contributed by atoms with Crippen molar-refractivity contribution in [3.63, 3.8) is 0 Å². The van der Waals surface area contributed by atoms with Crippen LogP contribution in [0.2, 0.25) is 0 Å². The Balaban J connectivity index is 1.92. The van der Waals surface area contributed by atoms with Gasteiger partial charge in [-0.2, -0.15) is 4.98 Å². The van der Waals surface area contributed by atoms with E-state index < -0.39 is 0 Å². The van der Waals surface area contributed by atoms with Gasteiger partial charge in [0.2, 0.25) is 5.95 Å². The molecule has 3 rings (SSSR count). The van der Waals surface area contributed by atoms with Crippen LogP contribution in [0.4, 0.5) is 5.95 Å². The largest absolute Gasteiger partial charge is 0.369 e. The summed E-state index contributed by atoms with van der Waals surface area (Å²) in [6.45, 7) is 0. The van der Waals surface area contributed by atoms with E-state index in [1.54, 1.807) is 0 Å². The highest BCUT2D eigenvalue weighted by Crippen LogP contribution is 2.15. The number of rotatable bonds is 3. The third kappa shape index (κ3) is 2.26. The molecule has 0 saturated heterocycles. The van der Waals surface area contributed by atoms with Crippen molar-refractivity contribution in [1.82, 2.24) is 19.9 Å². The van der Waals surface area contributed by atoms with Crippen molar-refractivity contribution < 1.29 is 0 Å². The fraction of sp³-hybridized carbons (Fsp3) is 0.154. The zero-order valence-corrected chi connectivity index (χ0v) is 10.6. The molecule has 0 bridgehead atoms. The minimum Gasteiger partial charge on any atom is -0.369 e. The Kier molecular flexibility index (Phi) is 2.96. The molecule has 0 amide bonds. The van der Waals surface area contributed by atoms with E-state index in [9.17, 15) is 4.79 Å². The lowest BCUT2D eigenvalue weighted by Crippen LogP contribution is -2.14. The minimum absolute atomic E-state index is 0.0490. The Morgan fingerprint density at radius 3 is 2.65 bits per heavy atom. The van der Waals surface area contributed by atoms with Gasteiger partial charge < -0.3 is 16.5 Å². The fourth-order valence-electron chi connectivity index (χ4n) is 2.10. The first-order chi connectivity index (χ1) is 9.63. The van der Waals surface area contributed by atoms with Crippen molar-refractivity contribution >= 4 is 17.1 Å². The van der Waals surface area contributed by atoms with E-state index in [1.807, 2.05) is 30.3 Å². The normalized spacial score (nSPS) is 12.7. The van der Waals surface area contributed by atoms with Crippen LogP contribution in [0.15, 0.2) is 35.1 Å². The van der Waals surface area contributed by atoms with E-state index in [4.69, 9.17) is 11.5 Å². The molecule has 102 valence electrons. The number of nitrogens with zero attached hydrogens (tertiary/aromatic N) is 2. The molecule has 3 aromatic rings. The summed E-state index contributed by atoms with van der Waals surface area (Å²) < 4.78 is 0. The van der Waals surface area contributed by atoms with Gasteiger partial charge in [0.1, 0.15) is 5.82 Å². The summed E-state index contributed by atoms with van der Waals surface area (Å²) in [6.07, 6.45) is 0.486. The number of aromatic amines is 2. The van der Waals surface area contributed by atoms with Crippen LogP contribution >= 0.6 is 0 Å². The summed E-state index contributed by atoms with van der Waals surface area (Å²) in [7, 11) is 0. The second-order valence-corrected chi connectivity index (χ2v) is 4.55. The van der Waals surface area contributed by atoms with Gasteiger partial charge >= 0.3 is 0 Å². The molecule has 7 nitrogen and oxygen atoms in total. The SMILES string of the molecule is Nc1nc2nc(CC(N)c3ccccc3)[nH]c2c(=O)[nH]1. The Morgan fingerprint density at radius 2 is 1.90 bits per heavy atom. The maximum atomic E-state index is 11.7. The Morgan fingerprint density at radius 1 is 1.15 bits per heavy atom. The van der Waals surface area contributed by atoms with Crippen LogP contribution < -0.4 is 17.0 Å². The molecular weight excluding hydrogens is 256 g/mol. The standard InChI is InChI=1S/C13H14N6O/c14-8(7-4-2-1-3-5-7)6-9-16-10-11(17-9)18-13(15)19-12(10)20/h1-5,8H,6,14H2,(H4,15,16,17,18,19,20). The van der Waals surface area contributed by atoms with Crippen LogP contribution in [0.25, 0.3) is 11.2 Å². The van der Waals surface area contributed by atoms with Gasteiger partial charge in [0, 0.05) is 12.5 Å². The number of anilines is 1. The van der Waals surface area contributed by atoms with E-state index in [2.05, 4.69) is 19.9 Å². The summed E-state index contributed by atoms with van der Waals surface area (Å²) in [5.74, 6) is 0.660. The minimum atomic E-state index is -0.334. The molecular formula is C13H14N6O. The zero-order valence-electron chi connectivity index (χ0n) is 10.6. The van der Waals surface area contributed by atoms with Gasteiger partial charge in [-0.1, -0.05) is 30.3 Å². The number of nitrogens with one attached hydrogen (secondary N) is 2. The predicted molar refractivity (Wildman–Crippen MR) is 76.0 cm³/mol. The van der Waals surface area contributed by atoms with Crippen LogP contribution in [-0.2, 0) is 6.42 Å². The van der Waals surface area contributed by atoms with Gasteiger partial charge in [-0.25, -0.2) is 4.98 Å². The number of aromatic nitrogens is 4. The molecule has 2 aromatic heterocycles. The molecule has 1 unspecified atom stereocenters. The van der Waals surface area contributed by atoms with Crippen molar-refractivity contribution in [2.75, 3.05) is 5.73 Å². The average Bonchev–Trinajstić information content (AvgIpc) is 2.82. The van der Waals surface area contributed by atoms with Crippen molar-refractivity contribution in [2.24, 2.45) is 5.73 Å². The molecule has 7 heteroatoms. The lowest BCUT2D eigenvalue weighted by atomic mass is 10.0. The molecule has 0 aliphatic rings. The number of nitrogen functional groups attached to an aromatic ring is 1. The molecule has 0 spiro atoms. The number of fused-ring (bicyclic) bond motifs is 1. The summed E-state index contributed by atoms with van der Waals surface area (Å²) in [5, 5.41) is 0. The van der Waals surface area contributed by atoms with Crippen LogP contribution in [0.1, 0.15) is 17.4 Å². The second-order valence-electron chi connectivity index (χ2n) is 4.55. The van der Waals surface area contributed by atoms with E-state index in [-0.39, 0.29) is 17.5 Å². The zero-order chi connectivity index (χ0) is 14.1. The number of hydrogen-bond donors (Lipinski definition) is 4. The van der Waals surface area contributed by atoms with Crippen molar-refractivity contribution in [2.45, 2.75) is 12.5 Å². The summed E-state index contributed by atoms with van der Waals surface area (Å²) in [4.78, 5) is 25.3. The third-order valence-corrected chi connectivity index (χ3v) is 3.07. The molecule has 2 heterocycles. The van der Waals surface area contributed by atoms with Crippen molar-refractivity contribution in [3.05, 3.63) is 52.1 Å². The smallest absolute Gasteiger partial charge is 0.278 e. The molecule has 0 radical (unpaired) electrons. The van der Waals surface area contributed by atoms with Gasteiger partial charge in [0.25, 0.3) is 5.56 Å². The molecule has 0 aliphatic carbocycles. The molecule has 20 heavy (non-hydrogen) atoms. The first-order valence-corrected chi connectivity index (χ1v) is 6.18. The van der Waals surface area contributed by atoms with Crippen molar-refractivity contribution in [1.29, 1.82) is 0 Å². The van der Waals surface area contributed by atoms with Gasteiger partial charge in [0.05, 0.1) is 0 Å². The maximum absolute atomic E-state index is 11.7. The van der Waals surface area contributed by atoms with Crippen molar-refractivity contribution in [3.8, 4) is 0 Å².